The maximum atomic E-state index is 11.2. The van der Waals surface area contributed by atoms with Gasteiger partial charge in [-0.05, 0) is 13.8 Å². The second-order valence-electron chi connectivity index (χ2n) is 3.10. The van der Waals surface area contributed by atoms with Crippen LogP contribution in [0.25, 0.3) is 0 Å². The van der Waals surface area contributed by atoms with Crippen LogP contribution < -0.4 is 0 Å². The lowest BCUT2D eigenvalue weighted by Crippen LogP contribution is -2.41. The Morgan fingerprint density at radius 1 is 1.36 bits per heavy atom. The molecule has 0 spiro atoms. The van der Waals surface area contributed by atoms with Crippen molar-refractivity contribution in [2.45, 2.75) is 33.5 Å². The van der Waals surface area contributed by atoms with Crippen molar-refractivity contribution in [3.63, 3.8) is 0 Å². The molecule has 0 aromatic carbocycles. The molecule has 0 aromatic rings. The number of rotatable bonds is 5. The van der Waals surface area contributed by atoms with E-state index in [2.05, 4.69) is 6.58 Å². The molecule has 14 heavy (non-hydrogen) atoms. The minimum Gasteiger partial charge on any atom is -0.422 e. The molecule has 1 atom stereocenters. The van der Waals surface area contributed by atoms with Crippen LogP contribution >= 0.6 is 0 Å². The van der Waals surface area contributed by atoms with Gasteiger partial charge in [0.15, 0.2) is 0 Å². The second kappa shape index (κ2) is 4.91. The van der Waals surface area contributed by atoms with Gasteiger partial charge in [-0.25, -0.2) is 4.79 Å². The van der Waals surface area contributed by atoms with E-state index in [4.69, 9.17) is 9.47 Å². The molecule has 0 N–H and O–H groups in total. The third-order valence-corrected chi connectivity index (χ3v) is 1.70. The minimum absolute atomic E-state index is 0.233. The van der Waals surface area contributed by atoms with Crippen molar-refractivity contribution in [2.24, 2.45) is 0 Å². The molecule has 80 valence electrons. The molecule has 1 unspecified atom stereocenters. The molecule has 0 aliphatic heterocycles. The SMILES string of the molecule is C=C(C)C(=O)OC(C)(OCC)C(C)=O. The predicted molar refractivity (Wildman–Crippen MR) is 51.6 cm³/mol. The van der Waals surface area contributed by atoms with E-state index >= 15 is 0 Å². The summed E-state index contributed by atoms with van der Waals surface area (Å²) in [6.07, 6.45) is 0. The van der Waals surface area contributed by atoms with E-state index < -0.39 is 11.8 Å². The summed E-state index contributed by atoms with van der Waals surface area (Å²) >= 11 is 0. The summed E-state index contributed by atoms with van der Waals surface area (Å²) in [7, 11) is 0. The molecule has 0 saturated carbocycles. The first kappa shape index (κ1) is 12.8. The van der Waals surface area contributed by atoms with Gasteiger partial charge in [0, 0.05) is 26.0 Å². The van der Waals surface area contributed by atoms with Crippen LogP contribution in [-0.4, -0.2) is 24.1 Å². The average Bonchev–Trinajstić information content (AvgIpc) is 2.03. The molecule has 0 saturated heterocycles. The first-order chi connectivity index (χ1) is 6.33. The summed E-state index contributed by atoms with van der Waals surface area (Å²) in [4.78, 5) is 22.4. The first-order valence-electron chi connectivity index (χ1n) is 4.37. The van der Waals surface area contributed by atoms with Gasteiger partial charge in [-0.3, -0.25) is 4.79 Å². The van der Waals surface area contributed by atoms with Gasteiger partial charge in [-0.1, -0.05) is 6.58 Å². The lowest BCUT2D eigenvalue weighted by atomic mass is 10.2. The predicted octanol–water partition coefficient (Wildman–Crippen LogP) is 1.45. The Kier molecular flexibility index (Phi) is 4.50. The van der Waals surface area contributed by atoms with Gasteiger partial charge in [0.1, 0.15) is 0 Å². The smallest absolute Gasteiger partial charge is 0.335 e. The number of hydrogen-bond acceptors (Lipinski definition) is 4. The summed E-state index contributed by atoms with van der Waals surface area (Å²) in [5.74, 6) is -2.48. The molecule has 0 amide bonds. The molecule has 0 aliphatic rings. The fourth-order valence-electron chi connectivity index (χ4n) is 0.742. The zero-order valence-electron chi connectivity index (χ0n) is 9.05. The highest BCUT2D eigenvalue weighted by Gasteiger charge is 2.35. The molecular formula is C10H16O4. The largest absolute Gasteiger partial charge is 0.422 e. The molecule has 0 radical (unpaired) electrons. The Labute approximate surface area is 83.9 Å². The quantitative estimate of drug-likeness (QED) is 0.383. The van der Waals surface area contributed by atoms with E-state index in [1.54, 1.807) is 6.92 Å². The maximum Gasteiger partial charge on any atom is 0.335 e. The summed E-state index contributed by atoms with van der Waals surface area (Å²) in [5, 5.41) is 0. The number of hydrogen-bond donors (Lipinski definition) is 0. The van der Waals surface area contributed by atoms with Crippen LogP contribution in [0.5, 0.6) is 0 Å². The molecule has 0 rings (SSSR count). The Morgan fingerprint density at radius 3 is 2.14 bits per heavy atom. The van der Waals surface area contributed by atoms with Crippen LogP contribution in [0.15, 0.2) is 12.2 Å². The molecule has 0 aromatic heterocycles. The minimum atomic E-state index is -1.50. The van der Waals surface area contributed by atoms with Gasteiger partial charge in [-0.15, -0.1) is 0 Å². The van der Waals surface area contributed by atoms with Crippen molar-refractivity contribution in [3.8, 4) is 0 Å². The molecule has 0 aliphatic carbocycles. The van der Waals surface area contributed by atoms with Crippen molar-refractivity contribution in [2.75, 3.05) is 6.61 Å². The molecule has 4 nitrogen and oxygen atoms in total. The van der Waals surface area contributed by atoms with E-state index in [9.17, 15) is 9.59 Å². The zero-order chi connectivity index (χ0) is 11.4. The Bertz CT molecular complexity index is 257. The number of Topliss-reactive ketones (excluding diaryl/α,β-unsaturated/α-hetero) is 1. The molecule has 4 heteroatoms. The summed E-state index contributed by atoms with van der Waals surface area (Å²) in [5.41, 5.74) is 0.233. The fourth-order valence-corrected chi connectivity index (χ4v) is 0.742. The van der Waals surface area contributed by atoms with Gasteiger partial charge >= 0.3 is 5.97 Å². The Morgan fingerprint density at radius 2 is 1.86 bits per heavy atom. The van der Waals surface area contributed by atoms with E-state index in [1.165, 1.54) is 20.8 Å². The van der Waals surface area contributed by atoms with Crippen molar-refractivity contribution < 1.29 is 19.1 Å². The normalized spacial score (nSPS) is 14.3. The number of ketones is 1. The van der Waals surface area contributed by atoms with Crippen LogP contribution in [0.1, 0.15) is 27.7 Å². The highest BCUT2D eigenvalue weighted by Crippen LogP contribution is 2.15. The van der Waals surface area contributed by atoms with Crippen LogP contribution in [0.2, 0.25) is 0 Å². The highest BCUT2D eigenvalue weighted by atomic mass is 16.7. The molecule has 0 fully saturated rings. The third-order valence-electron chi connectivity index (χ3n) is 1.70. The molecular weight excluding hydrogens is 184 g/mol. The Hall–Kier alpha value is -1.16. The van der Waals surface area contributed by atoms with Gasteiger partial charge in [-0.2, -0.15) is 0 Å². The van der Waals surface area contributed by atoms with E-state index in [1.807, 2.05) is 0 Å². The third kappa shape index (κ3) is 3.30. The molecule has 0 bridgehead atoms. The molecule has 0 heterocycles. The van der Waals surface area contributed by atoms with Crippen LogP contribution in [0.4, 0.5) is 0 Å². The zero-order valence-corrected chi connectivity index (χ0v) is 9.05. The van der Waals surface area contributed by atoms with Gasteiger partial charge in [0.25, 0.3) is 5.79 Å². The summed E-state index contributed by atoms with van der Waals surface area (Å²) < 4.78 is 9.97. The van der Waals surface area contributed by atoms with Crippen LogP contribution in [0, 0.1) is 0 Å². The Balaban J connectivity index is 4.60. The summed E-state index contributed by atoms with van der Waals surface area (Å²) in [6.45, 7) is 9.66. The van der Waals surface area contributed by atoms with Crippen molar-refractivity contribution in [3.05, 3.63) is 12.2 Å². The number of esters is 1. The van der Waals surface area contributed by atoms with E-state index in [0.717, 1.165) is 0 Å². The average molecular weight is 200 g/mol. The fraction of sp³-hybridized carbons (Fsp3) is 0.600. The van der Waals surface area contributed by atoms with Gasteiger partial charge < -0.3 is 9.47 Å². The first-order valence-corrected chi connectivity index (χ1v) is 4.37. The standard InChI is InChI=1S/C10H16O4/c1-6-13-10(5,8(4)11)14-9(12)7(2)3/h2,6H2,1,3-5H3. The van der Waals surface area contributed by atoms with E-state index in [0.29, 0.717) is 6.61 Å². The van der Waals surface area contributed by atoms with Crippen molar-refractivity contribution in [1.82, 2.24) is 0 Å². The van der Waals surface area contributed by atoms with E-state index in [-0.39, 0.29) is 11.4 Å². The van der Waals surface area contributed by atoms with Gasteiger partial charge in [0.2, 0.25) is 5.78 Å². The number of carbonyl (C=O) groups excluding carboxylic acids is 2. The summed E-state index contributed by atoms with van der Waals surface area (Å²) in [6, 6.07) is 0. The highest BCUT2D eigenvalue weighted by molar-refractivity contribution is 5.91. The topological polar surface area (TPSA) is 52.6 Å². The second-order valence-corrected chi connectivity index (χ2v) is 3.10. The monoisotopic (exact) mass is 200 g/mol. The van der Waals surface area contributed by atoms with Crippen LogP contribution in [-0.2, 0) is 19.1 Å². The van der Waals surface area contributed by atoms with Crippen molar-refractivity contribution in [1.29, 1.82) is 0 Å². The van der Waals surface area contributed by atoms with Gasteiger partial charge in [0.05, 0.1) is 0 Å². The van der Waals surface area contributed by atoms with Crippen molar-refractivity contribution >= 4 is 11.8 Å². The number of carbonyl (C=O) groups is 2. The van der Waals surface area contributed by atoms with Crippen LogP contribution in [0.3, 0.4) is 0 Å². The number of ether oxygens (including phenoxy) is 2. The maximum absolute atomic E-state index is 11.2. The lowest BCUT2D eigenvalue weighted by Gasteiger charge is -2.26. The lowest BCUT2D eigenvalue weighted by molar-refractivity contribution is -0.215.